The van der Waals surface area contributed by atoms with E-state index in [2.05, 4.69) is 15.6 Å². The molecule has 9 heteroatoms. The van der Waals surface area contributed by atoms with Gasteiger partial charge in [0.05, 0.1) is 18.1 Å². The summed E-state index contributed by atoms with van der Waals surface area (Å²) in [5.41, 5.74) is 1.02. The maximum atomic E-state index is 11.2. The summed E-state index contributed by atoms with van der Waals surface area (Å²) in [7, 11) is -0.278. The zero-order chi connectivity index (χ0) is 18.5. The number of guanidine groups is 1. The van der Waals surface area contributed by atoms with Gasteiger partial charge in [-0.15, -0.1) is 0 Å². The minimum atomic E-state index is -3.64. The van der Waals surface area contributed by atoms with Crippen LogP contribution in [0.4, 0.5) is 0 Å². The maximum absolute atomic E-state index is 11.2. The van der Waals surface area contributed by atoms with Gasteiger partial charge in [0.1, 0.15) is 0 Å². The van der Waals surface area contributed by atoms with Crippen LogP contribution in [0.1, 0.15) is 12.0 Å². The molecule has 0 aliphatic heterocycles. The molecule has 0 radical (unpaired) electrons. The summed E-state index contributed by atoms with van der Waals surface area (Å²) >= 11 is 0. The summed E-state index contributed by atoms with van der Waals surface area (Å²) in [6.07, 6.45) is 1.62. The zero-order valence-corrected chi connectivity index (χ0v) is 15.6. The summed E-state index contributed by atoms with van der Waals surface area (Å²) in [6.45, 7) is 3.32. The highest BCUT2D eigenvalue weighted by Gasteiger charge is 2.06. The van der Waals surface area contributed by atoms with Crippen LogP contribution in [0.3, 0.4) is 0 Å². The number of nitrogens with two attached hydrogens (primary N) is 1. The molecule has 1 aromatic rings. The van der Waals surface area contributed by atoms with Gasteiger partial charge < -0.3 is 20.1 Å². The van der Waals surface area contributed by atoms with Crippen molar-refractivity contribution in [3.8, 4) is 0 Å². The quantitative estimate of drug-likeness (QED) is 0.288. The fourth-order valence-electron chi connectivity index (χ4n) is 2.02. The lowest BCUT2D eigenvalue weighted by molar-refractivity contribution is 0.0698. The van der Waals surface area contributed by atoms with E-state index in [0.29, 0.717) is 26.4 Å². The average Bonchev–Trinajstić information content (AvgIpc) is 2.59. The lowest BCUT2D eigenvalue weighted by Gasteiger charge is -2.12. The van der Waals surface area contributed by atoms with E-state index in [0.717, 1.165) is 30.9 Å². The van der Waals surface area contributed by atoms with Gasteiger partial charge in [0, 0.05) is 33.9 Å². The highest BCUT2D eigenvalue weighted by Crippen LogP contribution is 2.08. The molecule has 0 heterocycles. The van der Waals surface area contributed by atoms with E-state index in [1.54, 1.807) is 26.3 Å². The van der Waals surface area contributed by atoms with Crippen molar-refractivity contribution in [1.29, 1.82) is 0 Å². The van der Waals surface area contributed by atoms with Crippen LogP contribution in [0.2, 0.25) is 0 Å². The third-order valence-corrected chi connectivity index (χ3v) is 4.30. The lowest BCUT2D eigenvalue weighted by Crippen LogP contribution is -2.39. The Kier molecular flexibility index (Phi) is 10.1. The molecule has 142 valence electrons. The second kappa shape index (κ2) is 11.8. The van der Waals surface area contributed by atoms with Gasteiger partial charge in [-0.3, -0.25) is 4.99 Å². The third kappa shape index (κ3) is 9.40. The number of benzene rings is 1. The molecule has 0 spiro atoms. The van der Waals surface area contributed by atoms with Crippen molar-refractivity contribution < 1.29 is 17.9 Å². The van der Waals surface area contributed by atoms with Gasteiger partial charge in [-0.05, 0) is 30.5 Å². The summed E-state index contributed by atoms with van der Waals surface area (Å²) in [5, 5.41) is 11.5. The topological polar surface area (TPSA) is 115 Å². The molecule has 0 amide bonds. The van der Waals surface area contributed by atoms with E-state index in [1.165, 1.54) is 12.1 Å². The average molecular weight is 372 g/mol. The smallest absolute Gasteiger partial charge is 0.238 e. The highest BCUT2D eigenvalue weighted by molar-refractivity contribution is 7.89. The van der Waals surface area contributed by atoms with E-state index >= 15 is 0 Å². The van der Waals surface area contributed by atoms with Crippen LogP contribution in [0.5, 0.6) is 0 Å². The number of nitrogens with zero attached hydrogens (tertiary/aromatic N) is 1. The van der Waals surface area contributed by atoms with Crippen LogP contribution < -0.4 is 15.8 Å². The van der Waals surface area contributed by atoms with Crippen molar-refractivity contribution in [3.63, 3.8) is 0 Å². The molecule has 1 aromatic carbocycles. The summed E-state index contributed by atoms with van der Waals surface area (Å²) in [4.78, 5) is 4.27. The molecule has 0 fully saturated rings. The van der Waals surface area contributed by atoms with Gasteiger partial charge in [0.15, 0.2) is 5.96 Å². The van der Waals surface area contributed by atoms with Crippen molar-refractivity contribution in [2.45, 2.75) is 17.7 Å². The molecule has 0 saturated carbocycles. The standard InChI is InChI=1S/C16H28N4O4S/c1-18-16(19-9-3-11-24-13-12-23-2)20-10-8-14-4-6-15(7-5-14)25(17,21)22/h4-7H,3,8-13H2,1-2H3,(H2,17,21,22)(H2,18,19,20). The molecule has 0 saturated heterocycles. The first kappa shape index (κ1) is 21.4. The molecule has 0 atom stereocenters. The summed E-state index contributed by atoms with van der Waals surface area (Å²) in [6, 6.07) is 6.55. The van der Waals surface area contributed by atoms with Crippen molar-refractivity contribution in [1.82, 2.24) is 10.6 Å². The molecule has 0 bridgehead atoms. The van der Waals surface area contributed by atoms with Gasteiger partial charge in [-0.25, -0.2) is 13.6 Å². The van der Waals surface area contributed by atoms with E-state index in [4.69, 9.17) is 14.6 Å². The molecular weight excluding hydrogens is 344 g/mol. The van der Waals surface area contributed by atoms with Crippen LogP contribution in [0.15, 0.2) is 34.2 Å². The molecule has 8 nitrogen and oxygen atoms in total. The number of hydrogen-bond donors (Lipinski definition) is 3. The van der Waals surface area contributed by atoms with Crippen molar-refractivity contribution in [2.24, 2.45) is 10.1 Å². The highest BCUT2D eigenvalue weighted by atomic mass is 32.2. The van der Waals surface area contributed by atoms with E-state index in [-0.39, 0.29) is 4.90 Å². The van der Waals surface area contributed by atoms with Gasteiger partial charge in [-0.1, -0.05) is 12.1 Å². The fourth-order valence-corrected chi connectivity index (χ4v) is 2.53. The Balaban J connectivity index is 2.22. The second-order valence-electron chi connectivity index (χ2n) is 5.32. The molecule has 0 aromatic heterocycles. The van der Waals surface area contributed by atoms with Gasteiger partial charge in [-0.2, -0.15) is 0 Å². The van der Waals surface area contributed by atoms with Crippen LogP contribution in [-0.4, -0.2) is 61.4 Å². The number of nitrogens with one attached hydrogen (secondary N) is 2. The van der Waals surface area contributed by atoms with E-state index in [9.17, 15) is 8.42 Å². The molecular formula is C16H28N4O4S. The number of ether oxygens (including phenoxy) is 2. The Morgan fingerprint density at radius 1 is 1.12 bits per heavy atom. The van der Waals surface area contributed by atoms with E-state index < -0.39 is 10.0 Å². The lowest BCUT2D eigenvalue weighted by atomic mass is 10.1. The Bertz CT molecular complexity index is 618. The van der Waals surface area contributed by atoms with E-state index in [1.807, 2.05) is 0 Å². The molecule has 4 N–H and O–H groups in total. The maximum Gasteiger partial charge on any atom is 0.238 e. The minimum absolute atomic E-state index is 0.120. The Morgan fingerprint density at radius 3 is 2.40 bits per heavy atom. The van der Waals surface area contributed by atoms with Crippen LogP contribution in [-0.2, 0) is 25.9 Å². The second-order valence-corrected chi connectivity index (χ2v) is 6.88. The number of sulfonamides is 1. The number of aliphatic imine (C=N–C) groups is 1. The summed E-state index contributed by atoms with van der Waals surface area (Å²) < 4.78 is 32.7. The van der Waals surface area contributed by atoms with Gasteiger partial charge >= 0.3 is 0 Å². The first-order chi connectivity index (χ1) is 12.0. The van der Waals surface area contributed by atoms with Crippen molar-refractivity contribution in [3.05, 3.63) is 29.8 Å². The van der Waals surface area contributed by atoms with Gasteiger partial charge in [0.2, 0.25) is 10.0 Å². The van der Waals surface area contributed by atoms with Crippen molar-refractivity contribution >= 4 is 16.0 Å². The normalized spacial score (nSPS) is 12.2. The predicted octanol–water partition coefficient (Wildman–Crippen LogP) is 0.0946. The Hall–Kier alpha value is -1.68. The van der Waals surface area contributed by atoms with Crippen LogP contribution in [0, 0.1) is 0 Å². The van der Waals surface area contributed by atoms with Gasteiger partial charge in [0.25, 0.3) is 0 Å². The molecule has 0 aliphatic carbocycles. The monoisotopic (exact) mass is 372 g/mol. The first-order valence-electron chi connectivity index (χ1n) is 8.10. The minimum Gasteiger partial charge on any atom is -0.382 e. The Labute approximate surface area is 149 Å². The number of hydrogen-bond acceptors (Lipinski definition) is 5. The Morgan fingerprint density at radius 2 is 1.80 bits per heavy atom. The molecule has 0 unspecified atom stereocenters. The largest absolute Gasteiger partial charge is 0.382 e. The first-order valence-corrected chi connectivity index (χ1v) is 9.65. The molecule has 0 aliphatic rings. The fraction of sp³-hybridized carbons (Fsp3) is 0.562. The zero-order valence-electron chi connectivity index (χ0n) is 14.8. The van der Waals surface area contributed by atoms with Crippen molar-refractivity contribution in [2.75, 3.05) is 47.1 Å². The predicted molar refractivity (Wildman–Crippen MR) is 98.2 cm³/mol. The number of rotatable bonds is 11. The molecule has 1 rings (SSSR count). The van der Waals surface area contributed by atoms with Crippen LogP contribution >= 0.6 is 0 Å². The summed E-state index contributed by atoms with van der Waals surface area (Å²) in [5.74, 6) is 0.720. The van der Waals surface area contributed by atoms with Crippen LogP contribution in [0.25, 0.3) is 0 Å². The third-order valence-electron chi connectivity index (χ3n) is 3.37. The molecule has 25 heavy (non-hydrogen) atoms. The number of methoxy groups -OCH3 is 1. The number of primary sulfonamides is 1. The SMILES string of the molecule is CN=C(NCCCOCCOC)NCCc1ccc(S(N)(=O)=O)cc1.